The fraction of sp³-hybridized carbons (Fsp3) is 0.227. The van der Waals surface area contributed by atoms with Gasteiger partial charge in [0.15, 0.2) is 12.4 Å². The van der Waals surface area contributed by atoms with Crippen LogP contribution < -0.4 is 10.1 Å². The third-order valence-corrected chi connectivity index (χ3v) is 7.15. The smallest absolute Gasteiger partial charge is 0.312 e. The number of nitro benzene ring substituents is 1. The molecule has 1 aliphatic heterocycles. The zero-order valence-corrected chi connectivity index (χ0v) is 17.9. The average molecular weight is 455 g/mol. The van der Waals surface area contributed by atoms with Crippen molar-refractivity contribution in [2.75, 3.05) is 25.0 Å². The summed E-state index contributed by atoms with van der Waals surface area (Å²) in [5.41, 5.74) is 0.0847. The van der Waals surface area contributed by atoms with E-state index in [2.05, 4.69) is 5.32 Å². The van der Waals surface area contributed by atoms with E-state index in [1.807, 2.05) is 36.4 Å². The van der Waals surface area contributed by atoms with Crippen molar-refractivity contribution in [3.63, 3.8) is 0 Å². The lowest BCUT2D eigenvalue weighted by Crippen LogP contribution is -2.28. The minimum atomic E-state index is -3.81. The van der Waals surface area contributed by atoms with Crippen LogP contribution in [0.15, 0.2) is 65.6 Å². The van der Waals surface area contributed by atoms with E-state index in [4.69, 9.17) is 4.74 Å². The number of amides is 1. The maximum Gasteiger partial charge on any atom is 0.312 e. The highest BCUT2D eigenvalue weighted by molar-refractivity contribution is 7.89. The first-order chi connectivity index (χ1) is 15.4. The molecule has 0 spiro atoms. The van der Waals surface area contributed by atoms with Crippen molar-refractivity contribution in [3.05, 3.63) is 70.8 Å². The highest BCUT2D eigenvalue weighted by Gasteiger charge is 2.30. The molecule has 0 radical (unpaired) electrons. The second kappa shape index (κ2) is 8.93. The lowest BCUT2D eigenvalue weighted by Gasteiger charge is -2.16. The molecule has 0 aromatic heterocycles. The van der Waals surface area contributed by atoms with E-state index >= 15 is 0 Å². The number of carbonyl (C=O) groups is 1. The predicted molar refractivity (Wildman–Crippen MR) is 119 cm³/mol. The molecule has 1 N–H and O–H groups in total. The van der Waals surface area contributed by atoms with Gasteiger partial charge >= 0.3 is 5.69 Å². The van der Waals surface area contributed by atoms with Gasteiger partial charge in [-0.05, 0) is 36.4 Å². The summed E-state index contributed by atoms with van der Waals surface area (Å²) >= 11 is 0. The molecule has 0 unspecified atom stereocenters. The van der Waals surface area contributed by atoms with Crippen LogP contribution in [0.4, 0.5) is 11.4 Å². The Labute approximate surface area is 184 Å². The van der Waals surface area contributed by atoms with Gasteiger partial charge in [0, 0.05) is 30.2 Å². The summed E-state index contributed by atoms with van der Waals surface area (Å²) in [5.74, 6) is -0.673. The van der Waals surface area contributed by atoms with Crippen LogP contribution in [0.3, 0.4) is 0 Å². The summed E-state index contributed by atoms with van der Waals surface area (Å²) in [5, 5.41) is 16.1. The number of sulfonamides is 1. The molecule has 1 saturated heterocycles. The van der Waals surface area contributed by atoms with E-state index in [-0.39, 0.29) is 10.6 Å². The number of benzene rings is 3. The SMILES string of the molecule is O=C(COc1ccc(S(=O)(=O)N2CCCC2)cc1[N+](=O)[O-])Nc1cccc2ccccc12. The monoisotopic (exact) mass is 455 g/mol. The van der Waals surface area contributed by atoms with Crippen molar-refractivity contribution >= 4 is 38.1 Å². The van der Waals surface area contributed by atoms with Crippen LogP contribution in [-0.4, -0.2) is 43.2 Å². The van der Waals surface area contributed by atoms with Gasteiger partial charge in [0.05, 0.1) is 9.82 Å². The maximum absolute atomic E-state index is 12.7. The van der Waals surface area contributed by atoms with Gasteiger partial charge in [0.1, 0.15) is 0 Å². The van der Waals surface area contributed by atoms with Crippen LogP contribution in [0.25, 0.3) is 10.8 Å². The number of anilines is 1. The minimum absolute atomic E-state index is 0.168. The van der Waals surface area contributed by atoms with Crippen LogP contribution in [-0.2, 0) is 14.8 Å². The lowest BCUT2D eigenvalue weighted by molar-refractivity contribution is -0.386. The molecule has 1 aliphatic rings. The van der Waals surface area contributed by atoms with Gasteiger partial charge in [-0.15, -0.1) is 0 Å². The fourth-order valence-electron chi connectivity index (χ4n) is 3.66. The van der Waals surface area contributed by atoms with Gasteiger partial charge in [-0.25, -0.2) is 8.42 Å². The molecular formula is C22H21N3O6S. The van der Waals surface area contributed by atoms with Crippen molar-refractivity contribution < 1.29 is 22.9 Å². The zero-order chi connectivity index (χ0) is 22.7. The van der Waals surface area contributed by atoms with Gasteiger partial charge in [0.25, 0.3) is 5.91 Å². The van der Waals surface area contributed by atoms with Gasteiger partial charge in [-0.1, -0.05) is 36.4 Å². The molecule has 3 aromatic carbocycles. The average Bonchev–Trinajstić information content (AvgIpc) is 3.34. The molecule has 0 bridgehead atoms. The third-order valence-electron chi connectivity index (χ3n) is 5.25. The summed E-state index contributed by atoms with van der Waals surface area (Å²) < 4.78 is 32.1. The van der Waals surface area contributed by atoms with Crippen molar-refractivity contribution in [2.24, 2.45) is 0 Å². The summed E-state index contributed by atoms with van der Waals surface area (Å²) in [6.07, 6.45) is 1.52. The lowest BCUT2D eigenvalue weighted by atomic mass is 10.1. The van der Waals surface area contributed by atoms with E-state index in [0.29, 0.717) is 18.8 Å². The molecule has 1 fully saturated rings. The van der Waals surface area contributed by atoms with Crippen molar-refractivity contribution in [1.29, 1.82) is 0 Å². The number of hydrogen-bond donors (Lipinski definition) is 1. The molecule has 9 nitrogen and oxygen atoms in total. The Morgan fingerprint density at radius 3 is 2.53 bits per heavy atom. The molecule has 10 heteroatoms. The van der Waals surface area contributed by atoms with Gasteiger partial charge in [-0.3, -0.25) is 14.9 Å². The second-order valence-corrected chi connectivity index (χ2v) is 9.30. The number of ether oxygens (including phenoxy) is 1. The molecular weight excluding hydrogens is 434 g/mol. The van der Waals surface area contributed by atoms with Crippen molar-refractivity contribution in [2.45, 2.75) is 17.7 Å². The Hall–Kier alpha value is -3.50. The van der Waals surface area contributed by atoms with Crippen LogP contribution in [0.5, 0.6) is 5.75 Å². The number of nitro groups is 1. The number of hydrogen-bond acceptors (Lipinski definition) is 6. The predicted octanol–water partition coefficient (Wildman–Crippen LogP) is 3.55. The van der Waals surface area contributed by atoms with E-state index in [0.717, 1.165) is 29.7 Å². The number of fused-ring (bicyclic) bond motifs is 1. The summed E-state index contributed by atoms with van der Waals surface area (Å²) in [6.45, 7) is 0.313. The maximum atomic E-state index is 12.7. The van der Waals surface area contributed by atoms with Crippen LogP contribution in [0.2, 0.25) is 0 Å². The summed E-state index contributed by atoms with van der Waals surface area (Å²) in [7, 11) is -3.81. The minimum Gasteiger partial charge on any atom is -0.477 e. The molecule has 0 saturated carbocycles. The van der Waals surface area contributed by atoms with Crippen LogP contribution in [0, 0.1) is 10.1 Å². The first-order valence-corrected chi connectivity index (χ1v) is 11.5. The second-order valence-electron chi connectivity index (χ2n) is 7.36. The van der Waals surface area contributed by atoms with Crippen LogP contribution in [0.1, 0.15) is 12.8 Å². The van der Waals surface area contributed by atoms with Crippen molar-refractivity contribution in [3.8, 4) is 5.75 Å². The number of rotatable bonds is 7. The zero-order valence-electron chi connectivity index (χ0n) is 17.1. The molecule has 4 rings (SSSR count). The summed E-state index contributed by atoms with van der Waals surface area (Å²) in [4.78, 5) is 23.0. The van der Waals surface area contributed by atoms with Crippen LogP contribution >= 0.6 is 0 Å². The molecule has 32 heavy (non-hydrogen) atoms. The van der Waals surface area contributed by atoms with E-state index in [1.165, 1.54) is 16.4 Å². The quantitative estimate of drug-likeness (QED) is 0.430. The molecule has 0 atom stereocenters. The van der Waals surface area contributed by atoms with E-state index < -0.39 is 33.1 Å². The Kier molecular flexibility index (Phi) is 6.06. The number of nitrogens with zero attached hydrogens (tertiary/aromatic N) is 2. The van der Waals surface area contributed by atoms with Gasteiger partial charge in [0.2, 0.25) is 10.0 Å². The highest BCUT2D eigenvalue weighted by Crippen LogP contribution is 2.32. The molecule has 1 heterocycles. The number of nitrogens with one attached hydrogen (secondary N) is 1. The largest absolute Gasteiger partial charge is 0.477 e. The normalized spacial score (nSPS) is 14.4. The fourth-order valence-corrected chi connectivity index (χ4v) is 5.20. The van der Waals surface area contributed by atoms with Gasteiger partial charge < -0.3 is 10.1 Å². The Balaban J connectivity index is 1.50. The third kappa shape index (κ3) is 4.41. The Bertz CT molecular complexity index is 1280. The Morgan fingerprint density at radius 1 is 1.06 bits per heavy atom. The standard InChI is InChI=1S/C22H21N3O6S/c26-22(23-19-9-5-7-16-6-1-2-8-18(16)19)15-31-21-11-10-17(14-20(21)25(27)28)32(29,30)24-12-3-4-13-24/h1-2,5-11,14H,3-4,12-13,15H2,(H,23,26). The molecule has 0 aliphatic carbocycles. The van der Waals surface area contributed by atoms with E-state index in [1.54, 1.807) is 6.07 Å². The highest BCUT2D eigenvalue weighted by atomic mass is 32.2. The number of carbonyl (C=O) groups excluding carboxylic acids is 1. The first-order valence-electron chi connectivity index (χ1n) is 10.1. The Morgan fingerprint density at radius 2 is 1.78 bits per heavy atom. The molecule has 166 valence electrons. The van der Waals surface area contributed by atoms with E-state index in [9.17, 15) is 23.3 Å². The molecule has 3 aromatic rings. The van der Waals surface area contributed by atoms with Crippen molar-refractivity contribution in [1.82, 2.24) is 4.31 Å². The van der Waals surface area contributed by atoms with Gasteiger partial charge in [-0.2, -0.15) is 4.31 Å². The topological polar surface area (TPSA) is 119 Å². The first kappa shape index (κ1) is 21.7. The molecule has 1 amide bonds. The summed E-state index contributed by atoms with van der Waals surface area (Å²) in [6, 6.07) is 16.5.